The molecule has 0 bridgehead atoms. The van der Waals surface area contributed by atoms with Crippen LogP contribution in [0.4, 0.5) is 0 Å². The third-order valence-electron chi connectivity index (χ3n) is 8.89. The van der Waals surface area contributed by atoms with E-state index in [0.717, 1.165) is 24.2 Å². The van der Waals surface area contributed by atoms with E-state index in [1.807, 2.05) is 0 Å². The van der Waals surface area contributed by atoms with E-state index in [0.29, 0.717) is 6.42 Å². The Kier molecular flexibility index (Phi) is 22.8. The molecule has 0 aromatic carbocycles. The predicted octanol–water partition coefficient (Wildman–Crippen LogP) is 10.4. The molecule has 0 saturated heterocycles. The number of methoxy groups -OCH3 is 1. The van der Waals surface area contributed by atoms with Crippen molar-refractivity contribution in [1.29, 1.82) is 0 Å². The molecule has 1 rings (SSSR count). The Balaban J connectivity index is 2.00. The van der Waals surface area contributed by atoms with Gasteiger partial charge in [-0.1, -0.05) is 142 Å². The lowest BCUT2D eigenvalue weighted by molar-refractivity contribution is -0.140. The highest BCUT2D eigenvalue weighted by Gasteiger charge is 2.41. The Morgan fingerprint density at radius 2 is 1.19 bits per heavy atom. The average Bonchev–Trinajstić information content (AvgIpc) is 3.66. The van der Waals surface area contributed by atoms with Crippen LogP contribution < -0.4 is 0 Å². The molecule has 1 aliphatic carbocycles. The summed E-state index contributed by atoms with van der Waals surface area (Å²) in [7, 11) is 5.95. The molecule has 37 heavy (non-hydrogen) atoms. The number of rotatable bonds is 28. The van der Waals surface area contributed by atoms with Crippen LogP contribution in [-0.4, -0.2) is 38.6 Å². The summed E-state index contributed by atoms with van der Waals surface area (Å²) in [4.78, 5) is 13.6. The van der Waals surface area contributed by atoms with Crippen molar-refractivity contribution in [2.75, 3.05) is 27.7 Å². The van der Waals surface area contributed by atoms with E-state index < -0.39 is 0 Å². The molecule has 3 atom stereocenters. The van der Waals surface area contributed by atoms with Crippen LogP contribution >= 0.6 is 0 Å². The number of hydrogen-bond acceptors (Lipinski definition) is 3. The third kappa shape index (κ3) is 21.0. The summed E-state index contributed by atoms with van der Waals surface area (Å²) < 4.78 is 4.73. The third-order valence-corrected chi connectivity index (χ3v) is 8.89. The fraction of sp³-hybridized carbons (Fsp3) is 0.971. The van der Waals surface area contributed by atoms with Gasteiger partial charge in [0.25, 0.3) is 0 Å². The van der Waals surface area contributed by atoms with E-state index in [-0.39, 0.29) is 5.97 Å². The van der Waals surface area contributed by atoms with Crippen LogP contribution in [0.5, 0.6) is 0 Å². The Bertz CT molecular complexity index is 506. The van der Waals surface area contributed by atoms with Gasteiger partial charge < -0.3 is 9.64 Å². The number of hydrogen-bond donors (Lipinski definition) is 0. The molecule has 3 heteroatoms. The number of unbranched alkanes of at least 4 members (excludes halogenated alkanes) is 18. The number of nitrogens with zero attached hydrogens (tertiary/aromatic N) is 1. The van der Waals surface area contributed by atoms with Gasteiger partial charge in [0.05, 0.1) is 7.11 Å². The highest BCUT2D eigenvalue weighted by molar-refractivity contribution is 5.68. The van der Waals surface area contributed by atoms with Gasteiger partial charge in [-0.05, 0) is 57.7 Å². The van der Waals surface area contributed by atoms with Gasteiger partial charge >= 0.3 is 5.97 Å². The zero-order valence-electron chi connectivity index (χ0n) is 25.9. The smallest absolute Gasteiger partial charge is 0.305 e. The SMILES string of the molecule is CCCCCCCCCCCCCCCCCC(CCN(C)C)C1CC1CCCCCCCC(=O)OC. The lowest BCUT2D eigenvalue weighted by atomic mass is 9.90. The van der Waals surface area contributed by atoms with Crippen molar-refractivity contribution in [1.82, 2.24) is 4.90 Å². The molecule has 0 aromatic rings. The molecule has 0 aromatic heterocycles. The van der Waals surface area contributed by atoms with Gasteiger partial charge in [0, 0.05) is 6.42 Å². The van der Waals surface area contributed by atoms with Crippen LogP contribution in [0.3, 0.4) is 0 Å². The van der Waals surface area contributed by atoms with E-state index in [2.05, 4.69) is 25.9 Å². The number of carbonyl (C=O) groups excluding carboxylic acids is 1. The van der Waals surface area contributed by atoms with Crippen LogP contribution in [0.1, 0.15) is 167 Å². The molecular weight excluding hydrogens is 454 g/mol. The van der Waals surface area contributed by atoms with Gasteiger partial charge in [0.1, 0.15) is 0 Å². The summed E-state index contributed by atoms with van der Waals surface area (Å²) in [5.41, 5.74) is 0. The number of carbonyl (C=O) groups is 1. The molecule has 3 nitrogen and oxygen atoms in total. The minimum atomic E-state index is -0.0568. The van der Waals surface area contributed by atoms with Gasteiger partial charge in [-0.3, -0.25) is 4.79 Å². The van der Waals surface area contributed by atoms with Crippen LogP contribution in [0.2, 0.25) is 0 Å². The minimum absolute atomic E-state index is 0.0568. The van der Waals surface area contributed by atoms with Gasteiger partial charge in [0.15, 0.2) is 0 Å². The van der Waals surface area contributed by atoms with Gasteiger partial charge in [-0.15, -0.1) is 0 Å². The summed E-state index contributed by atoms with van der Waals surface area (Å²) in [6.07, 6.45) is 34.4. The molecule has 1 saturated carbocycles. The fourth-order valence-corrected chi connectivity index (χ4v) is 6.26. The topological polar surface area (TPSA) is 29.5 Å². The Morgan fingerprint density at radius 3 is 1.70 bits per heavy atom. The highest BCUT2D eigenvalue weighted by atomic mass is 16.5. The molecule has 0 radical (unpaired) electrons. The van der Waals surface area contributed by atoms with Crippen molar-refractivity contribution in [3.63, 3.8) is 0 Å². The van der Waals surface area contributed by atoms with Crippen LogP contribution in [-0.2, 0) is 9.53 Å². The largest absolute Gasteiger partial charge is 0.469 e. The summed E-state index contributed by atoms with van der Waals surface area (Å²) >= 11 is 0. The molecule has 0 N–H and O–H groups in total. The van der Waals surface area contributed by atoms with Gasteiger partial charge in [-0.25, -0.2) is 0 Å². The molecule has 0 spiro atoms. The zero-order chi connectivity index (χ0) is 27.0. The first-order chi connectivity index (χ1) is 18.1. The summed E-state index contributed by atoms with van der Waals surface area (Å²) in [6.45, 7) is 3.56. The fourth-order valence-electron chi connectivity index (χ4n) is 6.26. The molecule has 1 aliphatic rings. The van der Waals surface area contributed by atoms with Crippen LogP contribution in [0.15, 0.2) is 0 Å². The van der Waals surface area contributed by atoms with Crippen molar-refractivity contribution < 1.29 is 9.53 Å². The van der Waals surface area contributed by atoms with E-state index in [1.165, 1.54) is 161 Å². The molecule has 1 fully saturated rings. The first kappa shape index (κ1) is 34.5. The highest BCUT2D eigenvalue weighted by Crippen LogP contribution is 2.50. The van der Waals surface area contributed by atoms with Crippen LogP contribution in [0, 0.1) is 17.8 Å². The quantitative estimate of drug-likeness (QED) is 0.0757. The summed E-state index contributed by atoms with van der Waals surface area (Å²) in [5.74, 6) is 2.94. The maximum atomic E-state index is 11.2. The average molecular weight is 522 g/mol. The van der Waals surface area contributed by atoms with Crippen molar-refractivity contribution in [3.05, 3.63) is 0 Å². The predicted molar refractivity (Wildman–Crippen MR) is 162 cm³/mol. The standard InChI is InChI=1S/C34H67NO2/c1-5-6-7-8-9-10-11-12-13-14-15-16-17-19-22-25-31(28-29-35(2)3)33-30-32(33)26-23-20-18-21-24-27-34(36)37-4/h31-33H,5-30H2,1-4H3. The molecule has 0 amide bonds. The van der Waals surface area contributed by atoms with Crippen molar-refractivity contribution >= 4 is 5.97 Å². The minimum Gasteiger partial charge on any atom is -0.469 e. The van der Waals surface area contributed by atoms with E-state index >= 15 is 0 Å². The van der Waals surface area contributed by atoms with E-state index in [4.69, 9.17) is 4.74 Å². The number of esters is 1. The molecule has 0 heterocycles. The normalized spacial score (nSPS) is 17.9. The Morgan fingerprint density at radius 1 is 0.703 bits per heavy atom. The Labute approximate surface area is 233 Å². The Hall–Kier alpha value is -0.570. The maximum absolute atomic E-state index is 11.2. The lowest BCUT2D eigenvalue weighted by Crippen LogP contribution is -2.18. The van der Waals surface area contributed by atoms with Gasteiger partial charge in [0.2, 0.25) is 0 Å². The second-order valence-corrected chi connectivity index (χ2v) is 12.6. The van der Waals surface area contributed by atoms with Gasteiger partial charge in [-0.2, -0.15) is 0 Å². The second-order valence-electron chi connectivity index (χ2n) is 12.6. The maximum Gasteiger partial charge on any atom is 0.305 e. The first-order valence-corrected chi connectivity index (χ1v) is 16.8. The first-order valence-electron chi connectivity index (χ1n) is 16.8. The lowest BCUT2D eigenvalue weighted by Gasteiger charge is -2.20. The monoisotopic (exact) mass is 522 g/mol. The summed E-state index contributed by atoms with van der Waals surface area (Å²) in [5, 5.41) is 0. The van der Waals surface area contributed by atoms with Crippen LogP contribution in [0.25, 0.3) is 0 Å². The van der Waals surface area contributed by atoms with E-state index in [1.54, 1.807) is 0 Å². The van der Waals surface area contributed by atoms with Crippen molar-refractivity contribution in [2.24, 2.45) is 17.8 Å². The van der Waals surface area contributed by atoms with E-state index in [9.17, 15) is 4.79 Å². The number of ether oxygens (including phenoxy) is 1. The molecule has 220 valence electrons. The van der Waals surface area contributed by atoms with Crippen molar-refractivity contribution in [2.45, 2.75) is 167 Å². The summed E-state index contributed by atoms with van der Waals surface area (Å²) in [6, 6.07) is 0. The second kappa shape index (κ2) is 24.5. The molecule has 0 aliphatic heterocycles. The molecule has 3 unspecified atom stereocenters. The van der Waals surface area contributed by atoms with Crippen molar-refractivity contribution in [3.8, 4) is 0 Å². The zero-order valence-corrected chi connectivity index (χ0v) is 25.9. The molecular formula is C34H67NO2.